The number of rotatable bonds is 9. The van der Waals surface area contributed by atoms with Gasteiger partial charge in [0.05, 0.1) is 13.5 Å². The van der Waals surface area contributed by atoms with Gasteiger partial charge in [0.25, 0.3) is 0 Å². The van der Waals surface area contributed by atoms with Crippen LogP contribution < -0.4 is 10.1 Å². The van der Waals surface area contributed by atoms with Crippen LogP contribution in [-0.4, -0.2) is 36.4 Å². The monoisotopic (exact) mass is 396 g/mol. The summed E-state index contributed by atoms with van der Waals surface area (Å²) in [4.78, 5) is 27.5. The lowest BCUT2D eigenvalue weighted by atomic mass is 10.1. The molecule has 0 radical (unpaired) electrons. The van der Waals surface area contributed by atoms with Crippen LogP contribution in [0.15, 0.2) is 48.5 Å². The Morgan fingerprint density at radius 2 is 1.72 bits per heavy atom. The molecule has 2 rings (SSSR count). The fourth-order valence-electron chi connectivity index (χ4n) is 2.98. The summed E-state index contributed by atoms with van der Waals surface area (Å²) < 4.78 is 5.29. The molecule has 0 aliphatic carbocycles. The average Bonchev–Trinajstić information content (AvgIpc) is 2.71. The number of amides is 2. The minimum atomic E-state index is -0.571. The lowest BCUT2D eigenvalue weighted by Crippen LogP contribution is -2.48. The Labute approximate surface area is 174 Å². The molecule has 0 aromatic heterocycles. The maximum atomic E-state index is 13.2. The van der Waals surface area contributed by atoms with Crippen LogP contribution in [0.5, 0.6) is 5.75 Å². The van der Waals surface area contributed by atoms with E-state index in [-0.39, 0.29) is 18.2 Å². The van der Waals surface area contributed by atoms with Crippen LogP contribution in [0, 0.1) is 12.8 Å². The van der Waals surface area contributed by atoms with Crippen molar-refractivity contribution >= 4 is 11.8 Å². The van der Waals surface area contributed by atoms with Gasteiger partial charge in [-0.3, -0.25) is 9.59 Å². The van der Waals surface area contributed by atoms with Crippen LogP contribution in [0.3, 0.4) is 0 Å². The first-order valence-electron chi connectivity index (χ1n) is 10.1. The SMILES string of the molecule is COc1cccc(CN(C(=O)Cc2ccc(C)cc2)[C@@H](C)C(=O)NCC(C)C)c1. The highest BCUT2D eigenvalue weighted by molar-refractivity contribution is 5.88. The Hall–Kier alpha value is -2.82. The maximum absolute atomic E-state index is 13.2. The van der Waals surface area contributed by atoms with Gasteiger partial charge >= 0.3 is 0 Å². The lowest BCUT2D eigenvalue weighted by Gasteiger charge is -2.29. The van der Waals surface area contributed by atoms with Crippen molar-refractivity contribution in [2.24, 2.45) is 5.92 Å². The smallest absolute Gasteiger partial charge is 0.242 e. The molecule has 2 aromatic rings. The van der Waals surface area contributed by atoms with Gasteiger partial charge in [0.2, 0.25) is 11.8 Å². The molecule has 0 unspecified atom stereocenters. The molecule has 0 spiro atoms. The van der Waals surface area contributed by atoms with Crippen LogP contribution >= 0.6 is 0 Å². The summed E-state index contributed by atoms with van der Waals surface area (Å²) in [5, 5.41) is 2.94. The van der Waals surface area contributed by atoms with E-state index in [0.717, 1.165) is 22.4 Å². The number of nitrogens with zero attached hydrogens (tertiary/aromatic N) is 1. The fraction of sp³-hybridized carbons (Fsp3) is 0.417. The number of benzene rings is 2. The first-order valence-corrected chi connectivity index (χ1v) is 10.1. The third-order valence-corrected chi connectivity index (χ3v) is 4.81. The predicted molar refractivity (Wildman–Crippen MR) is 116 cm³/mol. The molecule has 0 bridgehead atoms. The minimum Gasteiger partial charge on any atom is -0.497 e. The molecule has 0 aliphatic rings. The molecule has 29 heavy (non-hydrogen) atoms. The zero-order chi connectivity index (χ0) is 21.4. The van der Waals surface area contributed by atoms with E-state index in [1.165, 1.54) is 0 Å². The summed E-state index contributed by atoms with van der Waals surface area (Å²) in [6.45, 7) is 8.81. The Bertz CT molecular complexity index is 815. The van der Waals surface area contributed by atoms with Crippen LogP contribution in [0.25, 0.3) is 0 Å². The van der Waals surface area contributed by atoms with Gasteiger partial charge < -0.3 is 15.0 Å². The van der Waals surface area contributed by atoms with Crippen molar-refractivity contribution in [1.29, 1.82) is 0 Å². The lowest BCUT2D eigenvalue weighted by molar-refractivity contribution is -0.140. The van der Waals surface area contributed by atoms with Gasteiger partial charge in [0.1, 0.15) is 11.8 Å². The van der Waals surface area contributed by atoms with Crippen molar-refractivity contribution in [1.82, 2.24) is 10.2 Å². The number of methoxy groups -OCH3 is 1. The summed E-state index contributed by atoms with van der Waals surface area (Å²) in [6, 6.07) is 14.9. The predicted octanol–water partition coefficient (Wildman–Crippen LogP) is 3.74. The molecule has 156 valence electrons. The van der Waals surface area contributed by atoms with Gasteiger partial charge in [-0.2, -0.15) is 0 Å². The molecule has 0 fully saturated rings. The van der Waals surface area contributed by atoms with Crippen molar-refractivity contribution < 1.29 is 14.3 Å². The van der Waals surface area contributed by atoms with Crippen LogP contribution in [-0.2, 0) is 22.6 Å². The van der Waals surface area contributed by atoms with Crippen molar-refractivity contribution in [3.05, 3.63) is 65.2 Å². The summed E-state index contributed by atoms with van der Waals surface area (Å²) in [5.74, 6) is 0.856. The summed E-state index contributed by atoms with van der Waals surface area (Å²) in [6.07, 6.45) is 0.256. The highest BCUT2D eigenvalue weighted by Gasteiger charge is 2.26. The number of carbonyl (C=O) groups is 2. The van der Waals surface area contributed by atoms with Gasteiger partial charge in [-0.15, -0.1) is 0 Å². The van der Waals surface area contributed by atoms with E-state index in [1.807, 2.05) is 69.3 Å². The molecule has 2 aromatic carbocycles. The highest BCUT2D eigenvalue weighted by Crippen LogP contribution is 2.17. The van der Waals surface area contributed by atoms with Crippen molar-refractivity contribution in [3.8, 4) is 5.75 Å². The zero-order valence-electron chi connectivity index (χ0n) is 18.1. The third kappa shape index (κ3) is 6.93. The summed E-state index contributed by atoms with van der Waals surface area (Å²) >= 11 is 0. The largest absolute Gasteiger partial charge is 0.497 e. The van der Waals surface area contributed by atoms with E-state index in [2.05, 4.69) is 5.32 Å². The molecule has 0 heterocycles. The number of aryl methyl sites for hydroxylation is 1. The Morgan fingerprint density at radius 3 is 2.34 bits per heavy atom. The third-order valence-electron chi connectivity index (χ3n) is 4.81. The molecule has 0 saturated heterocycles. The molecule has 0 aliphatic heterocycles. The molecule has 1 atom stereocenters. The Kier molecular flexibility index (Phi) is 8.25. The molecule has 1 N–H and O–H groups in total. The van der Waals surface area contributed by atoms with Crippen molar-refractivity contribution in [2.45, 2.75) is 46.7 Å². The molecule has 0 saturated carbocycles. The second-order valence-corrected chi connectivity index (χ2v) is 7.85. The number of hydrogen-bond donors (Lipinski definition) is 1. The highest BCUT2D eigenvalue weighted by atomic mass is 16.5. The number of nitrogens with one attached hydrogen (secondary N) is 1. The van der Waals surface area contributed by atoms with Crippen molar-refractivity contribution in [2.75, 3.05) is 13.7 Å². The Morgan fingerprint density at radius 1 is 1.03 bits per heavy atom. The quantitative estimate of drug-likeness (QED) is 0.703. The van der Waals surface area contributed by atoms with Crippen LogP contribution in [0.1, 0.15) is 37.5 Å². The second kappa shape index (κ2) is 10.6. The molecular weight excluding hydrogens is 364 g/mol. The number of carbonyl (C=O) groups excluding carboxylic acids is 2. The number of ether oxygens (including phenoxy) is 1. The van der Waals surface area contributed by atoms with Crippen LogP contribution in [0.2, 0.25) is 0 Å². The van der Waals surface area contributed by atoms with Crippen LogP contribution in [0.4, 0.5) is 0 Å². The van der Waals surface area contributed by atoms with E-state index in [4.69, 9.17) is 4.74 Å². The molecule has 5 nitrogen and oxygen atoms in total. The first kappa shape index (κ1) is 22.5. The molecular formula is C24H32N2O3. The minimum absolute atomic E-state index is 0.0798. The Balaban J connectivity index is 2.21. The van der Waals surface area contributed by atoms with Gasteiger partial charge in [-0.05, 0) is 43.0 Å². The second-order valence-electron chi connectivity index (χ2n) is 7.85. The zero-order valence-corrected chi connectivity index (χ0v) is 18.1. The summed E-state index contributed by atoms with van der Waals surface area (Å²) in [7, 11) is 1.61. The fourth-order valence-corrected chi connectivity index (χ4v) is 2.98. The van der Waals surface area contributed by atoms with E-state index in [1.54, 1.807) is 18.9 Å². The van der Waals surface area contributed by atoms with E-state index < -0.39 is 6.04 Å². The van der Waals surface area contributed by atoms with Gasteiger partial charge in [0.15, 0.2) is 0 Å². The van der Waals surface area contributed by atoms with Gasteiger partial charge in [-0.25, -0.2) is 0 Å². The summed E-state index contributed by atoms with van der Waals surface area (Å²) in [5.41, 5.74) is 3.01. The van der Waals surface area contributed by atoms with E-state index in [0.29, 0.717) is 19.0 Å². The maximum Gasteiger partial charge on any atom is 0.242 e. The topological polar surface area (TPSA) is 58.6 Å². The first-order chi connectivity index (χ1) is 13.8. The average molecular weight is 397 g/mol. The van der Waals surface area contributed by atoms with Gasteiger partial charge in [0, 0.05) is 13.1 Å². The number of hydrogen-bond acceptors (Lipinski definition) is 3. The molecule has 2 amide bonds. The molecule has 5 heteroatoms. The van der Waals surface area contributed by atoms with Gasteiger partial charge in [-0.1, -0.05) is 55.8 Å². The van der Waals surface area contributed by atoms with Crippen molar-refractivity contribution in [3.63, 3.8) is 0 Å². The normalized spacial score (nSPS) is 11.8. The van der Waals surface area contributed by atoms with E-state index >= 15 is 0 Å². The van der Waals surface area contributed by atoms with E-state index in [9.17, 15) is 9.59 Å². The standard InChI is InChI=1S/C24H32N2O3/c1-17(2)15-25-24(28)19(4)26(16-21-7-6-8-22(13-21)29-5)23(27)14-20-11-9-18(3)10-12-20/h6-13,17,19H,14-16H2,1-5H3,(H,25,28)/t19-/m0/s1.